The first kappa shape index (κ1) is 26.0. The van der Waals surface area contributed by atoms with E-state index in [2.05, 4.69) is 6.92 Å². The lowest BCUT2D eigenvalue weighted by Crippen LogP contribution is -2.16. The van der Waals surface area contributed by atoms with Crippen LogP contribution in [0, 0.1) is 0 Å². The SMILES string of the molecule is CCCCCCCCCCOc1c(OC(=O)c2ccccc2)c(=O)oc2c(OC(C)=O)cccc12. The number of rotatable bonds is 13. The molecule has 0 atom stereocenters. The second kappa shape index (κ2) is 13.3. The first-order valence-corrected chi connectivity index (χ1v) is 12.2. The van der Waals surface area contributed by atoms with Gasteiger partial charge in [0, 0.05) is 6.92 Å². The topological polar surface area (TPSA) is 92.0 Å². The summed E-state index contributed by atoms with van der Waals surface area (Å²) in [4.78, 5) is 37.0. The molecule has 0 bridgehead atoms. The molecule has 0 amide bonds. The lowest BCUT2D eigenvalue weighted by molar-refractivity contribution is -0.131. The first-order valence-electron chi connectivity index (χ1n) is 12.2. The van der Waals surface area contributed by atoms with Crippen molar-refractivity contribution in [1.82, 2.24) is 0 Å². The van der Waals surface area contributed by atoms with Gasteiger partial charge in [-0.2, -0.15) is 0 Å². The number of unbranched alkanes of at least 4 members (excludes halogenated alkanes) is 7. The average molecular weight is 481 g/mol. The zero-order valence-corrected chi connectivity index (χ0v) is 20.3. The minimum Gasteiger partial charge on any atom is -0.489 e. The predicted molar refractivity (Wildman–Crippen MR) is 133 cm³/mol. The summed E-state index contributed by atoms with van der Waals surface area (Å²) in [5.74, 6) is -1.40. The van der Waals surface area contributed by atoms with Gasteiger partial charge in [-0.25, -0.2) is 9.59 Å². The van der Waals surface area contributed by atoms with Crippen LogP contribution in [0.2, 0.25) is 0 Å². The molecule has 3 aromatic rings. The highest BCUT2D eigenvalue weighted by atomic mass is 16.6. The molecule has 35 heavy (non-hydrogen) atoms. The van der Waals surface area contributed by atoms with Crippen molar-refractivity contribution in [3.63, 3.8) is 0 Å². The molecule has 0 aliphatic carbocycles. The van der Waals surface area contributed by atoms with Crippen molar-refractivity contribution >= 4 is 22.9 Å². The van der Waals surface area contributed by atoms with Crippen LogP contribution in [0.4, 0.5) is 0 Å². The Balaban J connectivity index is 1.82. The minimum atomic E-state index is -0.896. The number of hydrogen-bond donors (Lipinski definition) is 0. The molecular weight excluding hydrogens is 448 g/mol. The average Bonchev–Trinajstić information content (AvgIpc) is 2.85. The molecule has 0 aliphatic rings. The quantitative estimate of drug-likeness (QED) is 0.120. The molecule has 1 aromatic heterocycles. The molecule has 0 N–H and O–H groups in total. The second-order valence-corrected chi connectivity index (χ2v) is 8.35. The molecule has 186 valence electrons. The van der Waals surface area contributed by atoms with E-state index >= 15 is 0 Å². The van der Waals surface area contributed by atoms with E-state index in [4.69, 9.17) is 18.6 Å². The van der Waals surface area contributed by atoms with Crippen LogP contribution in [-0.2, 0) is 4.79 Å². The Hall–Kier alpha value is -3.61. The highest BCUT2D eigenvalue weighted by Gasteiger charge is 2.23. The van der Waals surface area contributed by atoms with Crippen LogP contribution in [0.5, 0.6) is 17.2 Å². The third-order valence-corrected chi connectivity index (χ3v) is 5.51. The van der Waals surface area contributed by atoms with Crippen molar-refractivity contribution < 1.29 is 28.2 Å². The fraction of sp³-hybridized carbons (Fsp3) is 0.393. The molecule has 0 unspecified atom stereocenters. The first-order chi connectivity index (χ1) is 17.0. The Morgan fingerprint density at radius 2 is 1.49 bits per heavy atom. The summed E-state index contributed by atoms with van der Waals surface area (Å²) in [6, 6.07) is 13.2. The maximum absolute atomic E-state index is 12.9. The van der Waals surface area contributed by atoms with Gasteiger partial charge in [0.25, 0.3) is 5.75 Å². The maximum Gasteiger partial charge on any atom is 0.383 e. The summed E-state index contributed by atoms with van der Waals surface area (Å²) in [5, 5.41) is 0.374. The molecule has 7 nitrogen and oxygen atoms in total. The van der Waals surface area contributed by atoms with E-state index in [1.54, 1.807) is 42.5 Å². The normalized spacial score (nSPS) is 10.8. The molecular formula is C28H32O7. The minimum absolute atomic E-state index is 0.0538. The van der Waals surface area contributed by atoms with Gasteiger partial charge in [-0.1, -0.05) is 76.1 Å². The summed E-state index contributed by atoms with van der Waals surface area (Å²) < 4.78 is 22.0. The van der Waals surface area contributed by atoms with Gasteiger partial charge in [-0.3, -0.25) is 4.79 Å². The summed E-state index contributed by atoms with van der Waals surface area (Å²) in [7, 11) is 0. The van der Waals surface area contributed by atoms with E-state index < -0.39 is 17.6 Å². The summed E-state index contributed by atoms with van der Waals surface area (Å²) in [6.07, 6.45) is 9.06. The number of benzene rings is 2. The van der Waals surface area contributed by atoms with Crippen LogP contribution in [0.25, 0.3) is 11.0 Å². The van der Waals surface area contributed by atoms with Crippen molar-refractivity contribution in [3.05, 3.63) is 64.5 Å². The number of carbonyl (C=O) groups excluding carboxylic acids is 2. The summed E-state index contributed by atoms with van der Waals surface area (Å²) >= 11 is 0. The maximum atomic E-state index is 12.9. The molecule has 7 heteroatoms. The third-order valence-electron chi connectivity index (χ3n) is 5.51. The monoisotopic (exact) mass is 480 g/mol. The standard InChI is InChI=1S/C28H32O7/c1-3-4-5-6-7-8-9-13-19-32-25-22-17-14-18-23(33-20(2)29)24(22)34-28(31)26(25)35-27(30)21-15-11-10-12-16-21/h10-12,14-18H,3-9,13,19H2,1-2H3. The second-order valence-electron chi connectivity index (χ2n) is 8.35. The van der Waals surface area contributed by atoms with Crippen LogP contribution in [0.3, 0.4) is 0 Å². The Bertz CT molecular complexity index is 1180. The van der Waals surface area contributed by atoms with Crippen LogP contribution in [0.15, 0.2) is 57.7 Å². The van der Waals surface area contributed by atoms with Gasteiger partial charge in [0.05, 0.1) is 17.6 Å². The number of esters is 2. The fourth-order valence-electron chi connectivity index (χ4n) is 3.76. The smallest absolute Gasteiger partial charge is 0.383 e. The van der Waals surface area contributed by atoms with Crippen molar-refractivity contribution in [2.75, 3.05) is 6.61 Å². The van der Waals surface area contributed by atoms with Gasteiger partial charge in [0.2, 0.25) is 0 Å². The van der Waals surface area contributed by atoms with Gasteiger partial charge in [-0.15, -0.1) is 0 Å². The van der Waals surface area contributed by atoms with Gasteiger partial charge in [0.15, 0.2) is 17.1 Å². The molecule has 0 aliphatic heterocycles. The van der Waals surface area contributed by atoms with E-state index in [1.807, 2.05) is 0 Å². The lowest BCUT2D eigenvalue weighted by Gasteiger charge is -2.14. The van der Waals surface area contributed by atoms with Gasteiger partial charge in [-0.05, 0) is 30.7 Å². The van der Waals surface area contributed by atoms with E-state index in [0.717, 1.165) is 19.3 Å². The predicted octanol–water partition coefficient (Wildman–Crippen LogP) is 6.46. The molecule has 3 rings (SSSR count). The Labute approximate surface area is 205 Å². The Morgan fingerprint density at radius 3 is 2.17 bits per heavy atom. The van der Waals surface area contributed by atoms with Crippen LogP contribution in [-0.4, -0.2) is 18.5 Å². The van der Waals surface area contributed by atoms with Crippen LogP contribution >= 0.6 is 0 Å². The molecule has 0 saturated carbocycles. The fourth-order valence-corrected chi connectivity index (χ4v) is 3.76. The van der Waals surface area contributed by atoms with E-state index in [9.17, 15) is 14.4 Å². The number of hydrogen-bond acceptors (Lipinski definition) is 7. The molecule has 1 heterocycles. The van der Waals surface area contributed by atoms with Crippen molar-refractivity contribution in [2.45, 2.75) is 65.2 Å². The Kier molecular flexibility index (Phi) is 9.90. The molecule has 0 spiro atoms. The molecule has 0 radical (unpaired) electrons. The van der Waals surface area contributed by atoms with Crippen LogP contribution in [0.1, 0.15) is 75.6 Å². The van der Waals surface area contributed by atoms with Crippen LogP contribution < -0.4 is 19.8 Å². The van der Waals surface area contributed by atoms with E-state index in [0.29, 0.717) is 12.0 Å². The zero-order chi connectivity index (χ0) is 25.0. The molecule has 2 aromatic carbocycles. The number of para-hydroxylation sites is 1. The highest BCUT2D eigenvalue weighted by molar-refractivity contribution is 5.94. The molecule has 0 fully saturated rings. The van der Waals surface area contributed by atoms with E-state index in [-0.39, 0.29) is 28.4 Å². The van der Waals surface area contributed by atoms with E-state index in [1.165, 1.54) is 45.1 Å². The number of fused-ring (bicyclic) bond motifs is 1. The Morgan fingerprint density at radius 1 is 0.800 bits per heavy atom. The van der Waals surface area contributed by atoms with Gasteiger partial charge >= 0.3 is 17.6 Å². The van der Waals surface area contributed by atoms with Gasteiger partial charge in [0.1, 0.15) is 0 Å². The third kappa shape index (κ3) is 7.44. The number of carbonyl (C=O) groups is 2. The number of ether oxygens (including phenoxy) is 3. The van der Waals surface area contributed by atoms with Crippen molar-refractivity contribution in [3.8, 4) is 17.2 Å². The van der Waals surface area contributed by atoms with Gasteiger partial charge < -0.3 is 18.6 Å². The lowest BCUT2D eigenvalue weighted by atomic mass is 10.1. The largest absolute Gasteiger partial charge is 0.489 e. The highest BCUT2D eigenvalue weighted by Crippen LogP contribution is 2.37. The summed E-state index contributed by atoms with van der Waals surface area (Å²) in [5.41, 5.74) is -0.555. The van der Waals surface area contributed by atoms with Crippen molar-refractivity contribution in [2.24, 2.45) is 0 Å². The van der Waals surface area contributed by atoms with Crippen molar-refractivity contribution in [1.29, 1.82) is 0 Å². The summed E-state index contributed by atoms with van der Waals surface area (Å²) in [6.45, 7) is 3.79. The molecule has 0 saturated heterocycles. The zero-order valence-electron chi connectivity index (χ0n) is 20.3.